The van der Waals surface area contributed by atoms with Crippen LogP contribution in [0.15, 0.2) is 53.1 Å². The molecule has 0 N–H and O–H groups in total. The zero-order valence-electron chi connectivity index (χ0n) is 16.6. The largest absolute Gasteiger partial charge is 0.339 e. The third-order valence-corrected chi connectivity index (χ3v) is 5.41. The van der Waals surface area contributed by atoms with Gasteiger partial charge >= 0.3 is 0 Å². The number of benzene rings is 2. The summed E-state index contributed by atoms with van der Waals surface area (Å²) < 4.78 is 5.51. The zero-order chi connectivity index (χ0) is 19.7. The van der Waals surface area contributed by atoms with E-state index in [9.17, 15) is 4.79 Å². The predicted molar refractivity (Wildman–Crippen MR) is 108 cm³/mol. The van der Waals surface area contributed by atoms with Crippen LogP contribution in [0.4, 0.5) is 0 Å². The van der Waals surface area contributed by atoms with Gasteiger partial charge in [0.2, 0.25) is 17.6 Å². The molecular weight excluding hydrogens is 350 g/mol. The molecule has 3 aromatic rings. The Morgan fingerprint density at radius 3 is 2.61 bits per heavy atom. The number of hydrogen-bond acceptors (Lipinski definition) is 4. The number of aryl methyl sites for hydroxylation is 1. The molecular formula is C23H25N3O2. The Kier molecular flexibility index (Phi) is 4.99. The van der Waals surface area contributed by atoms with E-state index in [4.69, 9.17) is 4.52 Å². The van der Waals surface area contributed by atoms with E-state index in [0.29, 0.717) is 37.1 Å². The van der Waals surface area contributed by atoms with E-state index in [1.54, 1.807) is 0 Å². The van der Waals surface area contributed by atoms with Crippen LogP contribution in [0.2, 0.25) is 0 Å². The van der Waals surface area contributed by atoms with Gasteiger partial charge in [-0.2, -0.15) is 4.98 Å². The van der Waals surface area contributed by atoms with Crippen LogP contribution in [0.1, 0.15) is 54.7 Å². The summed E-state index contributed by atoms with van der Waals surface area (Å²) in [6.07, 6.45) is 0.416. The van der Waals surface area contributed by atoms with Crippen LogP contribution in [-0.2, 0) is 11.3 Å². The molecule has 2 aromatic carbocycles. The lowest BCUT2D eigenvalue weighted by Gasteiger charge is -2.16. The van der Waals surface area contributed by atoms with E-state index in [1.807, 2.05) is 36.1 Å². The summed E-state index contributed by atoms with van der Waals surface area (Å²) >= 11 is 0. The third-order valence-electron chi connectivity index (χ3n) is 5.41. The molecule has 2 heterocycles. The molecule has 28 heavy (non-hydrogen) atoms. The van der Waals surface area contributed by atoms with E-state index < -0.39 is 0 Å². The van der Waals surface area contributed by atoms with Crippen LogP contribution in [0.5, 0.6) is 0 Å². The van der Waals surface area contributed by atoms with Crippen molar-refractivity contribution in [2.45, 2.75) is 45.6 Å². The molecule has 0 aliphatic carbocycles. The summed E-state index contributed by atoms with van der Waals surface area (Å²) in [5, 5.41) is 4.14. The molecule has 4 rings (SSSR count). The van der Waals surface area contributed by atoms with E-state index in [-0.39, 0.29) is 11.8 Å². The lowest BCUT2D eigenvalue weighted by molar-refractivity contribution is -0.128. The summed E-state index contributed by atoms with van der Waals surface area (Å²) in [5.74, 6) is 1.72. The first-order chi connectivity index (χ1) is 13.5. The first kappa shape index (κ1) is 18.4. The first-order valence-electron chi connectivity index (χ1n) is 9.77. The fourth-order valence-corrected chi connectivity index (χ4v) is 3.65. The summed E-state index contributed by atoms with van der Waals surface area (Å²) in [7, 11) is 0. The van der Waals surface area contributed by atoms with E-state index >= 15 is 0 Å². The van der Waals surface area contributed by atoms with Crippen molar-refractivity contribution >= 4 is 5.91 Å². The van der Waals surface area contributed by atoms with E-state index in [0.717, 1.165) is 16.7 Å². The third kappa shape index (κ3) is 3.70. The van der Waals surface area contributed by atoms with Crippen molar-refractivity contribution in [2.24, 2.45) is 0 Å². The zero-order valence-corrected chi connectivity index (χ0v) is 16.6. The van der Waals surface area contributed by atoms with Crippen molar-refractivity contribution in [3.8, 4) is 11.4 Å². The van der Waals surface area contributed by atoms with Crippen LogP contribution in [0.3, 0.4) is 0 Å². The normalized spacial score (nSPS) is 16.9. The molecule has 0 spiro atoms. The second-order valence-electron chi connectivity index (χ2n) is 7.84. The Bertz CT molecular complexity index is 976. The molecule has 1 aromatic heterocycles. The molecule has 1 amide bonds. The monoisotopic (exact) mass is 375 g/mol. The number of rotatable bonds is 5. The fraction of sp³-hybridized carbons (Fsp3) is 0.348. The van der Waals surface area contributed by atoms with Gasteiger partial charge in [-0.1, -0.05) is 67.5 Å². The molecule has 0 radical (unpaired) electrons. The van der Waals surface area contributed by atoms with Crippen LogP contribution < -0.4 is 0 Å². The minimum absolute atomic E-state index is 0.0484. The molecule has 0 saturated carbocycles. The Hall–Kier alpha value is -2.95. The minimum Gasteiger partial charge on any atom is -0.339 e. The quantitative estimate of drug-likeness (QED) is 0.649. The van der Waals surface area contributed by atoms with Gasteiger partial charge in [0.25, 0.3) is 0 Å². The minimum atomic E-state index is -0.0484. The van der Waals surface area contributed by atoms with E-state index in [2.05, 4.69) is 48.3 Å². The highest BCUT2D eigenvalue weighted by atomic mass is 16.5. The van der Waals surface area contributed by atoms with Gasteiger partial charge in [-0.25, -0.2) is 0 Å². The number of hydrogen-bond donors (Lipinski definition) is 0. The molecule has 1 aliphatic rings. The summed E-state index contributed by atoms with van der Waals surface area (Å²) in [6, 6.07) is 16.5. The summed E-state index contributed by atoms with van der Waals surface area (Å²) in [6.45, 7) is 7.61. The van der Waals surface area contributed by atoms with Gasteiger partial charge in [-0.3, -0.25) is 4.79 Å². The average Bonchev–Trinajstić information content (AvgIpc) is 3.30. The van der Waals surface area contributed by atoms with Gasteiger partial charge in [-0.05, 0) is 29.5 Å². The van der Waals surface area contributed by atoms with Crippen LogP contribution in [0, 0.1) is 6.92 Å². The second kappa shape index (κ2) is 7.58. The van der Waals surface area contributed by atoms with Crippen LogP contribution in [0.25, 0.3) is 11.4 Å². The highest BCUT2D eigenvalue weighted by molar-refractivity contribution is 5.79. The first-order valence-corrected chi connectivity index (χ1v) is 9.77. The van der Waals surface area contributed by atoms with Crippen molar-refractivity contribution in [3.05, 3.63) is 71.1 Å². The fourth-order valence-electron chi connectivity index (χ4n) is 3.65. The lowest BCUT2D eigenvalue weighted by atomic mass is 10.0. The van der Waals surface area contributed by atoms with Crippen LogP contribution >= 0.6 is 0 Å². The van der Waals surface area contributed by atoms with Gasteiger partial charge in [0, 0.05) is 25.1 Å². The molecule has 1 aliphatic heterocycles. The topological polar surface area (TPSA) is 59.2 Å². The molecule has 0 bridgehead atoms. The number of amides is 1. The molecule has 1 saturated heterocycles. The van der Waals surface area contributed by atoms with Crippen molar-refractivity contribution in [1.29, 1.82) is 0 Å². The number of likely N-dealkylation sites (tertiary alicyclic amines) is 1. The molecule has 1 fully saturated rings. The Labute approximate surface area is 165 Å². The number of aromatic nitrogens is 2. The van der Waals surface area contributed by atoms with Crippen LogP contribution in [-0.4, -0.2) is 27.5 Å². The van der Waals surface area contributed by atoms with Gasteiger partial charge < -0.3 is 9.42 Å². The maximum absolute atomic E-state index is 12.5. The highest BCUT2D eigenvalue weighted by Gasteiger charge is 2.34. The Balaban J connectivity index is 1.46. The van der Waals surface area contributed by atoms with Crippen molar-refractivity contribution in [2.75, 3.05) is 6.54 Å². The van der Waals surface area contributed by atoms with Gasteiger partial charge in [0.1, 0.15) is 0 Å². The number of carbonyl (C=O) groups excluding carboxylic acids is 1. The van der Waals surface area contributed by atoms with Gasteiger partial charge in [-0.15, -0.1) is 0 Å². The molecule has 1 atom stereocenters. The summed E-state index contributed by atoms with van der Waals surface area (Å²) in [4.78, 5) is 19.0. The molecule has 5 nitrogen and oxygen atoms in total. The number of carbonyl (C=O) groups is 1. The predicted octanol–water partition coefficient (Wildman–Crippen LogP) is 4.68. The van der Waals surface area contributed by atoms with Gasteiger partial charge in [0.05, 0.1) is 5.92 Å². The lowest BCUT2D eigenvalue weighted by Crippen LogP contribution is -2.24. The van der Waals surface area contributed by atoms with E-state index in [1.165, 1.54) is 5.56 Å². The average molecular weight is 375 g/mol. The standard InChI is InChI=1S/C23H25N3O2/c1-15(2)18-10-8-17(9-11-18)13-26-14-19(12-21(26)27)23-24-22(25-28-23)20-7-5-4-6-16(20)3/h4-11,15,19H,12-14H2,1-3H3. The van der Waals surface area contributed by atoms with Crippen molar-refractivity contribution < 1.29 is 9.32 Å². The molecule has 5 heteroatoms. The molecule has 144 valence electrons. The second-order valence-corrected chi connectivity index (χ2v) is 7.84. The summed E-state index contributed by atoms with van der Waals surface area (Å²) in [5.41, 5.74) is 4.52. The molecule has 1 unspecified atom stereocenters. The SMILES string of the molecule is Cc1ccccc1-c1noc(C2CC(=O)N(Cc3ccc(C(C)C)cc3)C2)n1. The highest BCUT2D eigenvalue weighted by Crippen LogP contribution is 2.30. The Morgan fingerprint density at radius 1 is 1.14 bits per heavy atom. The number of nitrogens with zero attached hydrogens (tertiary/aromatic N) is 3. The smallest absolute Gasteiger partial charge is 0.232 e. The maximum Gasteiger partial charge on any atom is 0.232 e. The van der Waals surface area contributed by atoms with Gasteiger partial charge in [0.15, 0.2) is 0 Å². The Morgan fingerprint density at radius 2 is 1.89 bits per heavy atom. The van der Waals surface area contributed by atoms with Crippen molar-refractivity contribution in [1.82, 2.24) is 15.0 Å². The maximum atomic E-state index is 12.5. The van der Waals surface area contributed by atoms with Crippen molar-refractivity contribution in [3.63, 3.8) is 0 Å².